The van der Waals surface area contributed by atoms with Crippen LogP contribution < -0.4 is 4.74 Å². The third kappa shape index (κ3) is 3.80. The van der Waals surface area contributed by atoms with Crippen LogP contribution in [0.3, 0.4) is 0 Å². The van der Waals surface area contributed by atoms with Crippen LogP contribution in [-0.2, 0) is 0 Å². The molecule has 0 unspecified atom stereocenters. The molecule has 0 heterocycles. The van der Waals surface area contributed by atoms with Gasteiger partial charge >= 0.3 is 0 Å². The number of ether oxygens (including phenoxy) is 1. The van der Waals surface area contributed by atoms with Crippen molar-refractivity contribution in [3.63, 3.8) is 0 Å². The molecule has 4 heteroatoms. The fourth-order valence-electron chi connectivity index (χ4n) is 1.34. The summed E-state index contributed by atoms with van der Waals surface area (Å²) in [5.41, 5.74) is 0.410. The SMILES string of the molecule is CCCCCOc1c(Br)cccc1C(=O)Cl. The zero-order chi connectivity index (χ0) is 12.0. The molecule has 1 aromatic carbocycles. The molecule has 0 spiro atoms. The first-order chi connectivity index (χ1) is 7.66. The van der Waals surface area contributed by atoms with Gasteiger partial charge in [-0.2, -0.15) is 0 Å². The molecule has 1 rings (SSSR count). The van der Waals surface area contributed by atoms with Crippen LogP contribution in [-0.4, -0.2) is 11.8 Å². The van der Waals surface area contributed by atoms with Crippen molar-refractivity contribution in [2.45, 2.75) is 26.2 Å². The number of carbonyl (C=O) groups excluding carboxylic acids is 1. The highest BCUT2D eigenvalue weighted by Crippen LogP contribution is 2.30. The molecule has 0 amide bonds. The third-order valence-corrected chi connectivity index (χ3v) is 3.00. The van der Waals surface area contributed by atoms with Gasteiger partial charge in [0.05, 0.1) is 16.6 Å². The van der Waals surface area contributed by atoms with Crippen LogP contribution >= 0.6 is 27.5 Å². The number of benzene rings is 1. The van der Waals surface area contributed by atoms with Gasteiger partial charge < -0.3 is 4.74 Å². The Morgan fingerprint density at radius 3 is 2.81 bits per heavy atom. The average molecular weight is 306 g/mol. The number of rotatable bonds is 6. The van der Waals surface area contributed by atoms with E-state index in [4.69, 9.17) is 16.3 Å². The highest BCUT2D eigenvalue weighted by molar-refractivity contribution is 9.10. The van der Waals surface area contributed by atoms with Crippen LogP contribution in [0.15, 0.2) is 22.7 Å². The largest absolute Gasteiger partial charge is 0.492 e. The van der Waals surface area contributed by atoms with Gasteiger partial charge in [0.1, 0.15) is 5.75 Å². The van der Waals surface area contributed by atoms with Crippen molar-refractivity contribution >= 4 is 32.8 Å². The van der Waals surface area contributed by atoms with E-state index in [1.165, 1.54) is 0 Å². The summed E-state index contributed by atoms with van der Waals surface area (Å²) in [4.78, 5) is 11.2. The van der Waals surface area contributed by atoms with Crippen LogP contribution in [0.2, 0.25) is 0 Å². The predicted octanol–water partition coefficient (Wildman–Crippen LogP) is 4.40. The van der Waals surface area contributed by atoms with Crippen molar-refractivity contribution in [2.75, 3.05) is 6.61 Å². The molecule has 16 heavy (non-hydrogen) atoms. The van der Waals surface area contributed by atoms with Crippen LogP contribution in [0.4, 0.5) is 0 Å². The lowest BCUT2D eigenvalue weighted by molar-refractivity contribution is 0.107. The molecule has 0 saturated carbocycles. The molecule has 0 N–H and O–H groups in total. The Morgan fingerprint density at radius 1 is 1.44 bits per heavy atom. The monoisotopic (exact) mass is 304 g/mol. The zero-order valence-electron chi connectivity index (χ0n) is 9.13. The summed E-state index contributed by atoms with van der Waals surface area (Å²) in [7, 11) is 0. The van der Waals surface area contributed by atoms with Gasteiger partial charge in [-0.25, -0.2) is 0 Å². The lowest BCUT2D eigenvalue weighted by atomic mass is 10.2. The second kappa shape index (κ2) is 6.92. The molecular weight excluding hydrogens is 291 g/mol. The van der Waals surface area contributed by atoms with Gasteiger partial charge in [0.15, 0.2) is 0 Å². The zero-order valence-corrected chi connectivity index (χ0v) is 11.5. The van der Waals surface area contributed by atoms with Crippen molar-refractivity contribution in [1.82, 2.24) is 0 Å². The van der Waals surface area contributed by atoms with E-state index in [-0.39, 0.29) is 0 Å². The topological polar surface area (TPSA) is 26.3 Å². The number of carbonyl (C=O) groups is 1. The molecule has 88 valence electrons. The maximum atomic E-state index is 11.2. The Labute approximate surface area is 109 Å². The second-order valence-corrected chi connectivity index (χ2v) is 4.64. The number of halogens is 2. The van der Waals surface area contributed by atoms with E-state index >= 15 is 0 Å². The summed E-state index contributed by atoms with van der Waals surface area (Å²) in [5.74, 6) is 0.540. The first-order valence-corrected chi connectivity index (χ1v) is 6.45. The first-order valence-electron chi connectivity index (χ1n) is 5.28. The minimum Gasteiger partial charge on any atom is -0.492 e. The Bertz CT molecular complexity index is 366. The number of unbranched alkanes of at least 4 members (excludes halogenated alkanes) is 2. The van der Waals surface area contributed by atoms with Crippen LogP contribution in [0, 0.1) is 0 Å². The molecule has 0 aliphatic rings. The van der Waals surface area contributed by atoms with Crippen LogP contribution in [0.1, 0.15) is 36.5 Å². The maximum Gasteiger partial charge on any atom is 0.256 e. The van der Waals surface area contributed by atoms with Crippen molar-refractivity contribution in [1.29, 1.82) is 0 Å². The van der Waals surface area contributed by atoms with E-state index in [0.717, 1.165) is 23.7 Å². The number of para-hydroxylation sites is 1. The lowest BCUT2D eigenvalue weighted by Crippen LogP contribution is -2.02. The Morgan fingerprint density at radius 2 is 2.19 bits per heavy atom. The van der Waals surface area contributed by atoms with Gasteiger partial charge in [-0.1, -0.05) is 25.8 Å². The summed E-state index contributed by atoms with van der Waals surface area (Å²) in [5, 5.41) is -0.494. The quantitative estimate of drug-likeness (QED) is 0.575. The third-order valence-electron chi connectivity index (χ3n) is 2.17. The van der Waals surface area contributed by atoms with E-state index in [1.807, 2.05) is 6.07 Å². The summed E-state index contributed by atoms with van der Waals surface area (Å²) in [6.45, 7) is 2.74. The van der Waals surface area contributed by atoms with Gasteiger partial charge in [-0.05, 0) is 46.1 Å². The maximum absolute atomic E-state index is 11.2. The second-order valence-electron chi connectivity index (χ2n) is 3.45. The van der Waals surface area contributed by atoms with Gasteiger partial charge in [0.25, 0.3) is 5.24 Å². The molecule has 0 aliphatic heterocycles. The molecule has 0 saturated heterocycles. The van der Waals surface area contributed by atoms with E-state index in [2.05, 4.69) is 22.9 Å². The number of hydrogen-bond acceptors (Lipinski definition) is 2. The van der Waals surface area contributed by atoms with E-state index in [0.29, 0.717) is 17.9 Å². The van der Waals surface area contributed by atoms with E-state index in [9.17, 15) is 4.79 Å². The van der Waals surface area contributed by atoms with Gasteiger partial charge in [-0.3, -0.25) is 4.79 Å². The highest BCUT2D eigenvalue weighted by Gasteiger charge is 2.12. The Kier molecular flexibility index (Phi) is 5.85. The summed E-state index contributed by atoms with van der Waals surface area (Å²) in [6.07, 6.45) is 3.24. The average Bonchev–Trinajstić information content (AvgIpc) is 2.25. The standard InChI is InChI=1S/C12H14BrClO2/c1-2-3-4-8-16-11-9(12(14)15)6-5-7-10(11)13/h5-7H,2-4,8H2,1H3. The molecule has 0 atom stereocenters. The molecule has 0 aliphatic carbocycles. The van der Waals surface area contributed by atoms with Crippen molar-refractivity contribution < 1.29 is 9.53 Å². The fraction of sp³-hybridized carbons (Fsp3) is 0.417. The molecular formula is C12H14BrClO2. The van der Waals surface area contributed by atoms with Gasteiger partial charge in [0, 0.05) is 0 Å². The fourth-order valence-corrected chi connectivity index (χ4v) is 1.97. The first kappa shape index (κ1) is 13.5. The lowest BCUT2D eigenvalue weighted by Gasteiger charge is -2.10. The van der Waals surface area contributed by atoms with E-state index < -0.39 is 5.24 Å². The van der Waals surface area contributed by atoms with Crippen molar-refractivity contribution in [2.24, 2.45) is 0 Å². The van der Waals surface area contributed by atoms with Crippen LogP contribution in [0.25, 0.3) is 0 Å². The minimum absolute atomic E-state index is 0.410. The molecule has 2 nitrogen and oxygen atoms in total. The number of hydrogen-bond donors (Lipinski definition) is 0. The Balaban J connectivity index is 2.73. The molecule has 0 fully saturated rings. The summed E-state index contributed by atoms with van der Waals surface area (Å²) in [6, 6.07) is 5.26. The van der Waals surface area contributed by atoms with Gasteiger partial charge in [0.2, 0.25) is 0 Å². The molecule has 0 aromatic heterocycles. The summed E-state index contributed by atoms with van der Waals surface area (Å²) >= 11 is 8.83. The van der Waals surface area contributed by atoms with E-state index in [1.54, 1.807) is 12.1 Å². The molecule has 1 aromatic rings. The van der Waals surface area contributed by atoms with Crippen molar-refractivity contribution in [3.8, 4) is 5.75 Å². The molecule has 0 radical (unpaired) electrons. The van der Waals surface area contributed by atoms with Gasteiger partial charge in [-0.15, -0.1) is 0 Å². The molecule has 0 bridgehead atoms. The van der Waals surface area contributed by atoms with Crippen LogP contribution in [0.5, 0.6) is 5.75 Å². The Hall–Kier alpha value is -0.540. The normalized spacial score (nSPS) is 10.2. The smallest absolute Gasteiger partial charge is 0.256 e. The minimum atomic E-state index is -0.494. The van der Waals surface area contributed by atoms with Crippen molar-refractivity contribution in [3.05, 3.63) is 28.2 Å². The summed E-state index contributed by atoms with van der Waals surface area (Å²) < 4.78 is 6.34. The highest BCUT2D eigenvalue weighted by atomic mass is 79.9. The predicted molar refractivity (Wildman–Crippen MR) is 69.3 cm³/mol.